The van der Waals surface area contributed by atoms with Gasteiger partial charge in [0.25, 0.3) is 0 Å². The first-order valence-electron chi connectivity index (χ1n) is 6.37. The Hall–Kier alpha value is -1.11. The molecule has 0 bridgehead atoms. The molecular formula is C13H20N2O3S. The molecular weight excluding hydrogens is 264 g/mol. The van der Waals surface area contributed by atoms with E-state index in [1.165, 1.54) is 4.31 Å². The van der Waals surface area contributed by atoms with Gasteiger partial charge >= 0.3 is 0 Å². The molecule has 1 aromatic rings. The van der Waals surface area contributed by atoms with E-state index in [-0.39, 0.29) is 0 Å². The lowest BCUT2D eigenvalue weighted by molar-refractivity contribution is 0.148. The SMILES string of the molecule is Cc1cc(N)cc(C)c1S(=O)(=O)N1CCCOCC1. The third-order valence-electron chi connectivity index (χ3n) is 3.26. The summed E-state index contributed by atoms with van der Waals surface area (Å²) in [4.78, 5) is 0.378. The van der Waals surface area contributed by atoms with E-state index in [9.17, 15) is 8.42 Å². The number of nitrogens with two attached hydrogens (primary N) is 1. The molecule has 1 aliphatic rings. The highest BCUT2D eigenvalue weighted by atomic mass is 32.2. The summed E-state index contributed by atoms with van der Waals surface area (Å²) < 4.78 is 32.3. The monoisotopic (exact) mass is 284 g/mol. The molecule has 1 fully saturated rings. The van der Waals surface area contributed by atoms with Crippen LogP contribution in [0.5, 0.6) is 0 Å². The zero-order chi connectivity index (χ0) is 14.0. The summed E-state index contributed by atoms with van der Waals surface area (Å²) in [5, 5.41) is 0. The van der Waals surface area contributed by atoms with Gasteiger partial charge in [-0.3, -0.25) is 0 Å². The van der Waals surface area contributed by atoms with Crippen LogP contribution in [0, 0.1) is 13.8 Å². The van der Waals surface area contributed by atoms with E-state index in [0.717, 1.165) is 6.42 Å². The maximum Gasteiger partial charge on any atom is 0.243 e. The van der Waals surface area contributed by atoms with Gasteiger partial charge < -0.3 is 10.5 Å². The lowest BCUT2D eigenvalue weighted by Crippen LogP contribution is -2.34. The quantitative estimate of drug-likeness (QED) is 0.831. The summed E-state index contributed by atoms with van der Waals surface area (Å²) in [6.45, 7) is 5.55. The van der Waals surface area contributed by atoms with Gasteiger partial charge in [-0.25, -0.2) is 8.42 Å². The maximum absolute atomic E-state index is 12.7. The first-order chi connectivity index (χ1) is 8.93. The molecule has 0 aromatic heterocycles. The molecule has 0 atom stereocenters. The third kappa shape index (κ3) is 2.91. The zero-order valence-electron chi connectivity index (χ0n) is 11.3. The number of sulfonamides is 1. The second-order valence-corrected chi connectivity index (χ2v) is 6.73. The van der Waals surface area contributed by atoms with E-state index < -0.39 is 10.0 Å². The average Bonchev–Trinajstić information content (AvgIpc) is 2.55. The summed E-state index contributed by atoms with van der Waals surface area (Å²) in [6, 6.07) is 3.41. The molecule has 5 nitrogen and oxygen atoms in total. The van der Waals surface area contributed by atoms with Crippen LogP contribution in [0.2, 0.25) is 0 Å². The van der Waals surface area contributed by atoms with Crippen LogP contribution in [0.1, 0.15) is 17.5 Å². The molecule has 2 rings (SSSR count). The Kier molecular flexibility index (Phi) is 4.13. The molecule has 1 heterocycles. The minimum absolute atomic E-state index is 0.378. The fourth-order valence-electron chi connectivity index (χ4n) is 2.48. The first-order valence-corrected chi connectivity index (χ1v) is 7.81. The first kappa shape index (κ1) is 14.3. The maximum atomic E-state index is 12.7. The highest BCUT2D eigenvalue weighted by Crippen LogP contribution is 2.26. The number of hydrogen-bond acceptors (Lipinski definition) is 4. The van der Waals surface area contributed by atoms with Crippen molar-refractivity contribution in [2.45, 2.75) is 25.2 Å². The number of nitrogens with zero attached hydrogens (tertiary/aromatic N) is 1. The van der Waals surface area contributed by atoms with Gasteiger partial charge in [-0.2, -0.15) is 4.31 Å². The third-order valence-corrected chi connectivity index (χ3v) is 5.47. The van der Waals surface area contributed by atoms with Crippen LogP contribution in [0.4, 0.5) is 5.69 Å². The van der Waals surface area contributed by atoms with Gasteiger partial charge in [0.05, 0.1) is 11.5 Å². The van der Waals surface area contributed by atoms with Gasteiger partial charge in [-0.15, -0.1) is 0 Å². The number of ether oxygens (including phenoxy) is 1. The number of rotatable bonds is 2. The van der Waals surface area contributed by atoms with Crippen LogP contribution in [0.3, 0.4) is 0 Å². The summed E-state index contributed by atoms with van der Waals surface area (Å²) >= 11 is 0. The number of benzene rings is 1. The van der Waals surface area contributed by atoms with E-state index >= 15 is 0 Å². The lowest BCUT2D eigenvalue weighted by atomic mass is 10.1. The van der Waals surface area contributed by atoms with Crippen molar-refractivity contribution in [1.82, 2.24) is 4.31 Å². The predicted octanol–water partition coefficient (Wildman–Crippen LogP) is 1.30. The van der Waals surface area contributed by atoms with Crippen LogP contribution in [-0.4, -0.2) is 39.0 Å². The molecule has 19 heavy (non-hydrogen) atoms. The summed E-state index contributed by atoms with van der Waals surface area (Å²) in [7, 11) is -3.47. The second-order valence-electron chi connectivity index (χ2n) is 4.85. The summed E-state index contributed by atoms with van der Waals surface area (Å²) in [6.07, 6.45) is 0.728. The Labute approximate surface area is 114 Å². The minimum atomic E-state index is -3.47. The highest BCUT2D eigenvalue weighted by Gasteiger charge is 2.28. The molecule has 0 unspecified atom stereocenters. The molecule has 1 saturated heterocycles. The largest absolute Gasteiger partial charge is 0.399 e. The normalized spacial score (nSPS) is 18.2. The van der Waals surface area contributed by atoms with E-state index in [2.05, 4.69) is 0 Å². The van der Waals surface area contributed by atoms with Crippen molar-refractivity contribution >= 4 is 15.7 Å². The molecule has 106 valence electrons. The average molecular weight is 284 g/mol. The Balaban J connectivity index is 2.44. The number of hydrogen-bond donors (Lipinski definition) is 1. The minimum Gasteiger partial charge on any atom is -0.399 e. The number of nitrogen functional groups attached to an aromatic ring is 1. The lowest BCUT2D eigenvalue weighted by Gasteiger charge is -2.22. The molecule has 0 radical (unpaired) electrons. The Morgan fingerprint density at radius 2 is 1.79 bits per heavy atom. The Bertz CT molecular complexity index is 538. The van der Waals surface area contributed by atoms with Crippen LogP contribution in [0.25, 0.3) is 0 Å². The summed E-state index contributed by atoms with van der Waals surface area (Å²) in [5.74, 6) is 0. The van der Waals surface area contributed by atoms with Crippen molar-refractivity contribution in [3.05, 3.63) is 23.3 Å². The summed E-state index contributed by atoms with van der Waals surface area (Å²) in [5.41, 5.74) is 7.73. The van der Waals surface area contributed by atoms with Crippen molar-refractivity contribution in [2.75, 3.05) is 32.0 Å². The van der Waals surface area contributed by atoms with Crippen molar-refractivity contribution in [3.63, 3.8) is 0 Å². The molecule has 2 N–H and O–H groups in total. The van der Waals surface area contributed by atoms with Gasteiger partial charge in [0.15, 0.2) is 0 Å². The van der Waals surface area contributed by atoms with Gasteiger partial charge in [0.1, 0.15) is 0 Å². The topological polar surface area (TPSA) is 72.6 Å². The fourth-order valence-corrected chi connectivity index (χ4v) is 4.36. The number of anilines is 1. The van der Waals surface area contributed by atoms with Crippen LogP contribution in [-0.2, 0) is 14.8 Å². The van der Waals surface area contributed by atoms with Crippen LogP contribution in [0.15, 0.2) is 17.0 Å². The van der Waals surface area contributed by atoms with Crippen molar-refractivity contribution in [3.8, 4) is 0 Å². The zero-order valence-corrected chi connectivity index (χ0v) is 12.2. The second kappa shape index (κ2) is 5.48. The van der Waals surface area contributed by atoms with Crippen molar-refractivity contribution in [2.24, 2.45) is 0 Å². The smallest absolute Gasteiger partial charge is 0.243 e. The van der Waals surface area contributed by atoms with Gasteiger partial charge in [0, 0.05) is 25.4 Å². The Morgan fingerprint density at radius 1 is 1.16 bits per heavy atom. The van der Waals surface area contributed by atoms with E-state index in [1.54, 1.807) is 26.0 Å². The predicted molar refractivity (Wildman–Crippen MR) is 74.5 cm³/mol. The molecule has 6 heteroatoms. The standard InChI is InChI=1S/C13H20N2O3S/c1-10-8-12(14)9-11(2)13(10)19(16,17)15-4-3-6-18-7-5-15/h8-9H,3-7,14H2,1-2H3. The van der Waals surface area contributed by atoms with Gasteiger partial charge in [-0.05, 0) is 43.5 Å². The number of aryl methyl sites for hydroxylation is 2. The molecule has 1 aromatic carbocycles. The Morgan fingerprint density at radius 3 is 2.42 bits per heavy atom. The van der Waals surface area contributed by atoms with Crippen LogP contribution >= 0.6 is 0 Å². The molecule has 0 aliphatic carbocycles. The molecule has 0 amide bonds. The van der Waals surface area contributed by atoms with E-state index in [0.29, 0.717) is 48.0 Å². The van der Waals surface area contributed by atoms with E-state index in [4.69, 9.17) is 10.5 Å². The molecule has 0 saturated carbocycles. The van der Waals surface area contributed by atoms with Gasteiger partial charge in [-0.1, -0.05) is 0 Å². The van der Waals surface area contributed by atoms with Crippen molar-refractivity contribution in [1.29, 1.82) is 0 Å². The fraction of sp³-hybridized carbons (Fsp3) is 0.538. The van der Waals surface area contributed by atoms with Crippen molar-refractivity contribution < 1.29 is 13.2 Å². The highest BCUT2D eigenvalue weighted by molar-refractivity contribution is 7.89. The van der Waals surface area contributed by atoms with Crippen LogP contribution < -0.4 is 5.73 Å². The van der Waals surface area contributed by atoms with Gasteiger partial charge in [0.2, 0.25) is 10.0 Å². The molecule has 1 aliphatic heterocycles. The van der Waals surface area contributed by atoms with E-state index in [1.807, 2.05) is 0 Å². The molecule has 0 spiro atoms.